The molecule has 0 radical (unpaired) electrons. The molecule has 1 aromatic rings. The van der Waals surface area contributed by atoms with Crippen molar-refractivity contribution in [3.63, 3.8) is 0 Å². The molecular formula is C13H20N2. The van der Waals surface area contributed by atoms with Crippen molar-refractivity contribution in [3.8, 4) is 0 Å². The van der Waals surface area contributed by atoms with E-state index < -0.39 is 0 Å². The molecule has 0 bridgehead atoms. The summed E-state index contributed by atoms with van der Waals surface area (Å²) in [5.41, 5.74) is 8.02. The molecule has 2 nitrogen and oxygen atoms in total. The highest BCUT2D eigenvalue weighted by Crippen LogP contribution is 2.28. The van der Waals surface area contributed by atoms with Crippen LogP contribution in [0.2, 0.25) is 0 Å². The smallest absolute Gasteiger partial charge is 0.0314 e. The molecule has 0 aliphatic carbocycles. The predicted molar refractivity (Wildman–Crippen MR) is 64.9 cm³/mol. The maximum atomic E-state index is 5.69. The maximum Gasteiger partial charge on any atom is 0.0314 e. The number of benzene rings is 1. The average Bonchev–Trinajstić information content (AvgIpc) is 2.30. The van der Waals surface area contributed by atoms with Gasteiger partial charge in [-0.25, -0.2) is 0 Å². The van der Waals surface area contributed by atoms with Gasteiger partial charge >= 0.3 is 0 Å². The van der Waals surface area contributed by atoms with Gasteiger partial charge in [-0.2, -0.15) is 0 Å². The Hall–Kier alpha value is -1.02. The van der Waals surface area contributed by atoms with Gasteiger partial charge in [0.25, 0.3) is 0 Å². The van der Waals surface area contributed by atoms with Crippen molar-refractivity contribution in [1.82, 2.24) is 4.90 Å². The summed E-state index contributed by atoms with van der Waals surface area (Å²) in [5.74, 6) is 0.744. The first-order valence-electron chi connectivity index (χ1n) is 5.87. The zero-order valence-electron chi connectivity index (χ0n) is 9.45. The van der Waals surface area contributed by atoms with E-state index in [0.29, 0.717) is 0 Å². The van der Waals surface area contributed by atoms with Crippen LogP contribution in [0.1, 0.15) is 31.2 Å². The summed E-state index contributed by atoms with van der Waals surface area (Å²) in [4.78, 5) is 2.52. The Morgan fingerprint density at radius 3 is 2.33 bits per heavy atom. The highest BCUT2D eigenvalue weighted by Gasteiger charge is 2.18. The quantitative estimate of drug-likeness (QED) is 0.750. The van der Waals surface area contributed by atoms with Crippen LogP contribution in [0.3, 0.4) is 0 Å². The molecule has 1 aliphatic heterocycles. The Balaban J connectivity index is 1.98. The molecule has 0 spiro atoms. The molecule has 0 atom stereocenters. The molecule has 0 amide bonds. The van der Waals surface area contributed by atoms with E-state index in [1.54, 1.807) is 0 Å². The molecule has 2 heteroatoms. The van der Waals surface area contributed by atoms with Crippen molar-refractivity contribution < 1.29 is 0 Å². The molecule has 0 saturated carbocycles. The Morgan fingerprint density at radius 1 is 1.20 bits per heavy atom. The van der Waals surface area contributed by atoms with Crippen molar-refractivity contribution in [2.75, 3.05) is 25.4 Å². The Morgan fingerprint density at radius 2 is 1.80 bits per heavy atom. The standard InChI is InChI=1S/C13H20N2/c1-2-15-9-7-12(8-10-15)11-3-5-13(14)6-4-11/h3-6,12H,2,7-10,14H2,1H3. The van der Waals surface area contributed by atoms with E-state index in [2.05, 4.69) is 24.0 Å². The minimum Gasteiger partial charge on any atom is -0.399 e. The van der Waals surface area contributed by atoms with E-state index in [0.717, 1.165) is 11.6 Å². The molecule has 1 fully saturated rings. The van der Waals surface area contributed by atoms with Crippen LogP contribution in [0.4, 0.5) is 5.69 Å². The van der Waals surface area contributed by atoms with Gasteiger partial charge in [0, 0.05) is 5.69 Å². The molecule has 1 aliphatic rings. The second kappa shape index (κ2) is 4.67. The number of nitrogens with two attached hydrogens (primary N) is 1. The Kier molecular flexibility index (Phi) is 3.27. The van der Waals surface area contributed by atoms with Crippen LogP contribution in [-0.2, 0) is 0 Å². The molecule has 1 saturated heterocycles. The number of piperidine rings is 1. The monoisotopic (exact) mass is 204 g/mol. The number of anilines is 1. The van der Waals surface area contributed by atoms with Gasteiger partial charge in [-0.05, 0) is 56.1 Å². The minimum atomic E-state index is 0.744. The third-order valence-electron chi connectivity index (χ3n) is 3.44. The van der Waals surface area contributed by atoms with Crippen LogP contribution < -0.4 is 5.73 Å². The Labute approximate surface area is 92.1 Å². The van der Waals surface area contributed by atoms with E-state index >= 15 is 0 Å². The van der Waals surface area contributed by atoms with Crippen LogP contribution in [0.5, 0.6) is 0 Å². The summed E-state index contributed by atoms with van der Waals surface area (Å²) in [6, 6.07) is 8.40. The highest BCUT2D eigenvalue weighted by atomic mass is 15.1. The summed E-state index contributed by atoms with van der Waals surface area (Å²) in [6.07, 6.45) is 2.58. The van der Waals surface area contributed by atoms with Crippen molar-refractivity contribution in [2.24, 2.45) is 0 Å². The molecule has 0 aromatic heterocycles. The van der Waals surface area contributed by atoms with Crippen LogP contribution in [0.25, 0.3) is 0 Å². The maximum absolute atomic E-state index is 5.69. The lowest BCUT2D eigenvalue weighted by molar-refractivity contribution is 0.222. The van der Waals surface area contributed by atoms with Gasteiger partial charge in [-0.15, -0.1) is 0 Å². The normalized spacial score (nSPS) is 19.3. The van der Waals surface area contributed by atoms with E-state index in [9.17, 15) is 0 Å². The van der Waals surface area contributed by atoms with Gasteiger partial charge in [0.15, 0.2) is 0 Å². The minimum absolute atomic E-state index is 0.744. The first kappa shape index (κ1) is 10.5. The first-order valence-corrected chi connectivity index (χ1v) is 5.87. The third kappa shape index (κ3) is 2.51. The molecule has 82 valence electrons. The fraction of sp³-hybridized carbons (Fsp3) is 0.538. The fourth-order valence-electron chi connectivity index (χ4n) is 2.35. The summed E-state index contributed by atoms with van der Waals surface area (Å²) in [5, 5.41) is 0. The zero-order valence-corrected chi connectivity index (χ0v) is 9.45. The number of nitrogens with zero attached hydrogens (tertiary/aromatic N) is 1. The van der Waals surface area contributed by atoms with E-state index in [1.165, 1.54) is 38.0 Å². The summed E-state index contributed by atoms with van der Waals surface area (Å²) >= 11 is 0. The topological polar surface area (TPSA) is 29.3 Å². The van der Waals surface area contributed by atoms with Crippen LogP contribution in [-0.4, -0.2) is 24.5 Å². The Bertz CT molecular complexity index is 297. The van der Waals surface area contributed by atoms with Crippen molar-refractivity contribution in [2.45, 2.75) is 25.7 Å². The molecule has 2 N–H and O–H groups in total. The lowest BCUT2D eigenvalue weighted by atomic mass is 9.89. The number of nitrogen functional groups attached to an aromatic ring is 1. The van der Waals surface area contributed by atoms with Crippen molar-refractivity contribution >= 4 is 5.69 Å². The second-order valence-electron chi connectivity index (χ2n) is 4.38. The molecule has 2 rings (SSSR count). The van der Waals surface area contributed by atoms with Crippen molar-refractivity contribution in [1.29, 1.82) is 0 Å². The molecule has 1 aromatic carbocycles. The average molecular weight is 204 g/mol. The molecule has 15 heavy (non-hydrogen) atoms. The number of hydrogen-bond acceptors (Lipinski definition) is 2. The van der Waals surface area contributed by atoms with Gasteiger partial charge in [0.05, 0.1) is 0 Å². The zero-order chi connectivity index (χ0) is 10.7. The van der Waals surface area contributed by atoms with Crippen LogP contribution in [0, 0.1) is 0 Å². The first-order chi connectivity index (χ1) is 7.29. The number of rotatable bonds is 2. The highest BCUT2D eigenvalue weighted by molar-refractivity contribution is 5.40. The van der Waals surface area contributed by atoms with E-state index in [1.807, 2.05) is 12.1 Å². The molecule has 0 unspecified atom stereocenters. The van der Waals surface area contributed by atoms with Gasteiger partial charge in [0.1, 0.15) is 0 Å². The third-order valence-corrected chi connectivity index (χ3v) is 3.44. The number of hydrogen-bond donors (Lipinski definition) is 1. The lowest BCUT2D eigenvalue weighted by Gasteiger charge is -2.31. The van der Waals surface area contributed by atoms with Crippen molar-refractivity contribution in [3.05, 3.63) is 29.8 Å². The van der Waals surface area contributed by atoms with Gasteiger partial charge < -0.3 is 10.6 Å². The van der Waals surface area contributed by atoms with Gasteiger partial charge in [-0.1, -0.05) is 19.1 Å². The fourth-order valence-corrected chi connectivity index (χ4v) is 2.35. The van der Waals surface area contributed by atoms with Gasteiger partial charge in [-0.3, -0.25) is 0 Å². The molecule has 1 heterocycles. The molecular weight excluding hydrogens is 184 g/mol. The number of likely N-dealkylation sites (tertiary alicyclic amines) is 1. The van der Waals surface area contributed by atoms with E-state index in [4.69, 9.17) is 5.73 Å². The largest absolute Gasteiger partial charge is 0.399 e. The van der Waals surface area contributed by atoms with E-state index in [-0.39, 0.29) is 0 Å². The van der Waals surface area contributed by atoms with Crippen LogP contribution in [0.15, 0.2) is 24.3 Å². The lowest BCUT2D eigenvalue weighted by Crippen LogP contribution is -2.32. The summed E-state index contributed by atoms with van der Waals surface area (Å²) in [6.45, 7) is 5.91. The summed E-state index contributed by atoms with van der Waals surface area (Å²) < 4.78 is 0. The SMILES string of the molecule is CCN1CCC(c2ccc(N)cc2)CC1. The van der Waals surface area contributed by atoms with Crippen LogP contribution >= 0.6 is 0 Å². The van der Waals surface area contributed by atoms with Gasteiger partial charge in [0.2, 0.25) is 0 Å². The second-order valence-corrected chi connectivity index (χ2v) is 4.38. The predicted octanol–water partition coefficient (Wildman–Crippen LogP) is 2.47. The summed E-state index contributed by atoms with van der Waals surface area (Å²) in [7, 11) is 0.